The molecule has 0 amide bonds. The van der Waals surface area contributed by atoms with E-state index in [-0.39, 0.29) is 0 Å². The number of piperazine rings is 1. The van der Waals surface area contributed by atoms with Crippen LogP contribution in [0.15, 0.2) is 42.5 Å². The second-order valence-electron chi connectivity index (χ2n) is 5.29. The number of nitrogens with zero attached hydrogens (tertiary/aromatic N) is 3. The average Bonchev–Trinajstić information content (AvgIpc) is 2.51. The molecule has 0 aliphatic carbocycles. The number of halogens is 1. The molecule has 0 spiro atoms. The van der Waals surface area contributed by atoms with Crippen molar-refractivity contribution in [1.29, 1.82) is 0 Å². The SMILES string of the molecule is CN1CCN(c2nc(Cl)ccc2Nc2ccccc2)CC1. The largest absolute Gasteiger partial charge is 0.353 e. The highest BCUT2D eigenvalue weighted by Gasteiger charge is 2.18. The Morgan fingerprint density at radius 2 is 1.71 bits per heavy atom. The lowest BCUT2D eigenvalue weighted by Gasteiger charge is -2.34. The zero-order valence-electron chi connectivity index (χ0n) is 12.1. The summed E-state index contributed by atoms with van der Waals surface area (Å²) in [7, 11) is 2.14. The molecule has 0 bridgehead atoms. The standard InChI is InChI=1S/C16H19ClN4/c1-20-9-11-21(12-10-20)16-14(7-8-15(17)19-16)18-13-5-3-2-4-6-13/h2-8,18H,9-12H2,1H3. The lowest BCUT2D eigenvalue weighted by Crippen LogP contribution is -2.45. The Labute approximate surface area is 130 Å². The van der Waals surface area contributed by atoms with Crippen LogP contribution in [0.1, 0.15) is 0 Å². The molecule has 110 valence electrons. The van der Waals surface area contributed by atoms with Crippen molar-refractivity contribution in [2.75, 3.05) is 43.4 Å². The van der Waals surface area contributed by atoms with Gasteiger partial charge in [0.15, 0.2) is 5.82 Å². The molecule has 4 nitrogen and oxygen atoms in total. The monoisotopic (exact) mass is 302 g/mol. The molecule has 0 unspecified atom stereocenters. The molecule has 2 aromatic rings. The molecule has 1 N–H and O–H groups in total. The molecule has 1 saturated heterocycles. The Balaban J connectivity index is 1.86. The highest BCUT2D eigenvalue weighted by atomic mass is 35.5. The molecular formula is C16H19ClN4. The Hall–Kier alpha value is -1.78. The number of para-hydroxylation sites is 1. The number of hydrogen-bond acceptors (Lipinski definition) is 4. The summed E-state index contributed by atoms with van der Waals surface area (Å²) in [5.74, 6) is 0.930. The molecule has 1 aliphatic heterocycles. The van der Waals surface area contributed by atoms with Gasteiger partial charge in [0.2, 0.25) is 0 Å². The molecule has 3 rings (SSSR count). The summed E-state index contributed by atoms with van der Waals surface area (Å²) in [5.41, 5.74) is 2.05. The smallest absolute Gasteiger partial charge is 0.154 e. The van der Waals surface area contributed by atoms with Gasteiger partial charge in [0, 0.05) is 31.9 Å². The number of rotatable bonds is 3. The third-order valence-electron chi connectivity index (χ3n) is 3.70. The zero-order chi connectivity index (χ0) is 14.7. The summed E-state index contributed by atoms with van der Waals surface area (Å²) in [6, 6.07) is 13.9. The maximum absolute atomic E-state index is 6.09. The third kappa shape index (κ3) is 3.46. The van der Waals surface area contributed by atoms with Gasteiger partial charge in [-0.1, -0.05) is 29.8 Å². The van der Waals surface area contributed by atoms with Crippen molar-refractivity contribution in [2.45, 2.75) is 0 Å². The van der Waals surface area contributed by atoms with E-state index in [1.54, 1.807) is 0 Å². The van der Waals surface area contributed by atoms with Crippen molar-refractivity contribution >= 4 is 28.8 Å². The third-order valence-corrected chi connectivity index (χ3v) is 3.91. The lowest BCUT2D eigenvalue weighted by atomic mass is 10.2. The molecule has 21 heavy (non-hydrogen) atoms. The van der Waals surface area contributed by atoms with Crippen LogP contribution in [0.2, 0.25) is 5.15 Å². The van der Waals surface area contributed by atoms with Gasteiger partial charge in [0.05, 0.1) is 5.69 Å². The van der Waals surface area contributed by atoms with Crippen LogP contribution in [-0.2, 0) is 0 Å². The van der Waals surface area contributed by atoms with Gasteiger partial charge in [0.1, 0.15) is 5.15 Å². The molecule has 1 fully saturated rings. The second-order valence-corrected chi connectivity index (χ2v) is 5.67. The first-order chi connectivity index (χ1) is 10.2. The van der Waals surface area contributed by atoms with E-state index in [0.717, 1.165) is 43.4 Å². The number of aromatic nitrogens is 1. The molecule has 1 aromatic heterocycles. The number of pyridine rings is 1. The fourth-order valence-electron chi connectivity index (χ4n) is 2.46. The predicted molar refractivity (Wildman–Crippen MR) is 88.7 cm³/mol. The van der Waals surface area contributed by atoms with Crippen LogP contribution in [0.25, 0.3) is 0 Å². The Morgan fingerprint density at radius 3 is 2.43 bits per heavy atom. The van der Waals surface area contributed by atoms with E-state index in [2.05, 4.69) is 27.1 Å². The first-order valence-corrected chi connectivity index (χ1v) is 7.52. The molecule has 2 heterocycles. The fourth-order valence-corrected chi connectivity index (χ4v) is 2.60. The summed E-state index contributed by atoms with van der Waals surface area (Å²) in [4.78, 5) is 9.14. The Bertz CT molecular complexity index is 594. The van der Waals surface area contributed by atoms with Crippen molar-refractivity contribution in [1.82, 2.24) is 9.88 Å². The van der Waals surface area contributed by atoms with Crippen molar-refractivity contribution in [3.63, 3.8) is 0 Å². The first kappa shape index (κ1) is 14.2. The van der Waals surface area contributed by atoms with Crippen molar-refractivity contribution in [3.8, 4) is 0 Å². The summed E-state index contributed by atoms with van der Waals surface area (Å²) in [6.45, 7) is 4.01. The topological polar surface area (TPSA) is 31.4 Å². The molecule has 0 atom stereocenters. The van der Waals surface area contributed by atoms with Crippen LogP contribution in [0.4, 0.5) is 17.2 Å². The van der Waals surface area contributed by atoms with Crippen LogP contribution in [0.3, 0.4) is 0 Å². The quantitative estimate of drug-likeness (QED) is 0.882. The Morgan fingerprint density at radius 1 is 1.00 bits per heavy atom. The molecule has 0 saturated carbocycles. The van der Waals surface area contributed by atoms with E-state index in [9.17, 15) is 0 Å². The summed E-state index contributed by atoms with van der Waals surface area (Å²) < 4.78 is 0. The van der Waals surface area contributed by atoms with Crippen LogP contribution < -0.4 is 10.2 Å². The van der Waals surface area contributed by atoms with Gasteiger partial charge in [-0.3, -0.25) is 0 Å². The minimum Gasteiger partial charge on any atom is -0.353 e. The zero-order valence-corrected chi connectivity index (χ0v) is 12.8. The minimum atomic E-state index is 0.530. The van der Waals surface area contributed by atoms with Crippen LogP contribution in [-0.4, -0.2) is 43.1 Å². The normalized spacial score (nSPS) is 16.0. The summed E-state index contributed by atoms with van der Waals surface area (Å²) in [6.07, 6.45) is 0. The van der Waals surface area contributed by atoms with E-state index in [0.29, 0.717) is 5.15 Å². The average molecular weight is 303 g/mol. The van der Waals surface area contributed by atoms with E-state index in [4.69, 9.17) is 11.6 Å². The molecule has 1 aliphatic rings. The molecule has 5 heteroatoms. The van der Waals surface area contributed by atoms with Crippen molar-refractivity contribution in [2.24, 2.45) is 0 Å². The maximum Gasteiger partial charge on any atom is 0.154 e. The molecular weight excluding hydrogens is 284 g/mol. The van der Waals surface area contributed by atoms with Gasteiger partial charge in [-0.25, -0.2) is 4.98 Å². The van der Waals surface area contributed by atoms with E-state index in [1.807, 2.05) is 42.5 Å². The highest BCUT2D eigenvalue weighted by molar-refractivity contribution is 6.29. The van der Waals surface area contributed by atoms with Crippen LogP contribution >= 0.6 is 11.6 Å². The number of hydrogen-bond donors (Lipinski definition) is 1. The van der Waals surface area contributed by atoms with E-state index >= 15 is 0 Å². The molecule has 0 radical (unpaired) electrons. The van der Waals surface area contributed by atoms with Crippen LogP contribution in [0, 0.1) is 0 Å². The fraction of sp³-hybridized carbons (Fsp3) is 0.312. The van der Waals surface area contributed by atoms with Crippen molar-refractivity contribution < 1.29 is 0 Å². The predicted octanol–water partition coefficient (Wildman–Crippen LogP) is 3.23. The summed E-state index contributed by atoms with van der Waals surface area (Å²) >= 11 is 6.09. The molecule has 1 aromatic carbocycles. The first-order valence-electron chi connectivity index (χ1n) is 7.14. The van der Waals surface area contributed by atoms with E-state index < -0.39 is 0 Å². The summed E-state index contributed by atoms with van der Waals surface area (Å²) in [5, 5.41) is 3.96. The highest BCUT2D eigenvalue weighted by Crippen LogP contribution is 2.29. The maximum atomic E-state index is 6.09. The van der Waals surface area contributed by atoms with Gasteiger partial charge >= 0.3 is 0 Å². The van der Waals surface area contributed by atoms with Gasteiger partial charge in [-0.2, -0.15) is 0 Å². The Kier molecular flexibility index (Phi) is 4.27. The van der Waals surface area contributed by atoms with Gasteiger partial charge < -0.3 is 15.1 Å². The lowest BCUT2D eigenvalue weighted by molar-refractivity contribution is 0.312. The minimum absolute atomic E-state index is 0.530. The second kappa shape index (κ2) is 6.33. The van der Waals surface area contributed by atoms with Gasteiger partial charge in [-0.15, -0.1) is 0 Å². The number of nitrogens with one attached hydrogen (secondary N) is 1. The van der Waals surface area contributed by atoms with Crippen molar-refractivity contribution in [3.05, 3.63) is 47.6 Å². The number of benzene rings is 1. The number of likely N-dealkylation sites (N-methyl/N-ethyl adjacent to an activating group) is 1. The number of anilines is 3. The van der Waals surface area contributed by atoms with Gasteiger partial charge in [0.25, 0.3) is 0 Å². The van der Waals surface area contributed by atoms with Gasteiger partial charge in [-0.05, 0) is 31.3 Å². The van der Waals surface area contributed by atoms with Crippen LogP contribution in [0.5, 0.6) is 0 Å². The van der Waals surface area contributed by atoms with E-state index in [1.165, 1.54) is 0 Å².